The van der Waals surface area contributed by atoms with Crippen molar-refractivity contribution in [3.05, 3.63) is 29.8 Å². The van der Waals surface area contributed by atoms with Crippen LogP contribution in [0.2, 0.25) is 0 Å². The highest BCUT2D eigenvalue weighted by molar-refractivity contribution is 5.79. The third-order valence-electron chi connectivity index (χ3n) is 6.31. The molecule has 7 nitrogen and oxygen atoms in total. The molecular weight excluding hydrogens is 404 g/mol. The van der Waals surface area contributed by atoms with E-state index in [9.17, 15) is 9.59 Å². The molecule has 0 radical (unpaired) electrons. The summed E-state index contributed by atoms with van der Waals surface area (Å²) in [5.74, 6) is 1.10. The van der Waals surface area contributed by atoms with Gasteiger partial charge in [-0.2, -0.15) is 0 Å². The maximum Gasteiger partial charge on any atom is 0.236 e. The molecular formula is C25H40N4O3. The summed E-state index contributed by atoms with van der Waals surface area (Å²) in [6.07, 6.45) is 4.62. The molecule has 2 heterocycles. The Morgan fingerprint density at radius 1 is 0.969 bits per heavy atom. The van der Waals surface area contributed by atoms with E-state index in [1.54, 1.807) is 7.11 Å². The molecule has 0 unspecified atom stereocenters. The van der Waals surface area contributed by atoms with Crippen LogP contribution >= 0.6 is 0 Å². The van der Waals surface area contributed by atoms with Gasteiger partial charge in [0.05, 0.1) is 20.2 Å². The highest BCUT2D eigenvalue weighted by atomic mass is 16.5. The van der Waals surface area contributed by atoms with E-state index >= 15 is 0 Å². The van der Waals surface area contributed by atoms with Crippen LogP contribution in [-0.4, -0.2) is 85.0 Å². The number of carbonyl (C=O) groups excluding carboxylic acids is 2. The predicted octanol–water partition coefficient (Wildman–Crippen LogP) is 2.67. The van der Waals surface area contributed by atoms with Crippen LogP contribution in [0.15, 0.2) is 24.3 Å². The molecule has 1 aromatic carbocycles. The molecule has 32 heavy (non-hydrogen) atoms. The second kappa shape index (κ2) is 11.1. The van der Waals surface area contributed by atoms with E-state index in [0.717, 1.165) is 38.2 Å². The largest absolute Gasteiger partial charge is 0.497 e. The van der Waals surface area contributed by atoms with E-state index in [1.807, 2.05) is 37.8 Å². The number of likely N-dealkylation sites (tertiary alicyclic amines) is 1. The van der Waals surface area contributed by atoms with Gasteiger partial charge in [-0.3, -0.25) is 19.4 Å². The lowest BCUT2D eigenvalue weighted by Gasteiger charge is -2.37. The van der Waals surface area contributed by atoms with Crippen molar-refractivity contribution in [1.29, 1.82) is 0 Å². The van der Waals surface area contributed by atoms with Gasteiger partial charge in [0.1, 0.15) is 5.75 Å². The number of nitrogens with zero attached hydrogens (tertiary/aromatic N) is 3. The van der Waals surface area contributed by atoms with Crippen LogP contribution in [0.3, 0.4) is 0 Å². The minimum Gasteiger partial charge on any atom is -0.497 e. The van der Waals surface area contributed by atoms with Crippen LogP contribution in [0.25, 0.3) is 0 Å². The number of piperazine rings is 1. The SMILES string of the molecule is COc1ccc([C@@H]2CCCCCN2CC(=O)N2CCN(CC(=O)NC(C)(C)C)CC2)cc1. The minimum absolute atomic E-state index is 0.0455. The summed E-state index contributed by atoms with van der Waals surface area (Å²) in [7, 11) is 1.68. The quantitative estimate of drug-likeness (QED) is 0.731. The van der Waals surface area contributed by atoms with Crippen LogP contribution in [0.5, 0.6) is 5.75 Å². The molecule has 1 N–H and O–H groups in total. The van der Waals surface area contributed by atoms with E-state index in [2.05, 4.69) is 27.2 Å². The van der Waals surface area contributed by atoms with E-state index < -0.39 is 0 Å². The third-order valence-corrected chi connectivity index (χ3v) is 6.31. The van der Waals surface area contributed by atoms with E-state index in [4.69, 9.17) is 4.74 Å². The number of ether oxygens (including phenoxy) is 1. The molecule has 0 aliphatic carbocycles. The number of hydrogen-bond acceptors (Lipinski definition) is 5. The van der Waals surface area contributed by atoms with Gasteiger partial charge in [0.2, 0.25) is 11.8 Å². The topological polar surface area (TPSA) is 65.1 Å². The Hall–Kier alpha value is -2.12. The van der Waals surface area contributed by atoms with Crippen LogP contribution in [0.4, 0.5) is 0 Å². The third kappa shape index (κ3) is 7.20. The van der Waals surface area contributed by atoms with Crippen LogP contribution in [-0.2, 0) is 9.59 Å². The lowest BCUT2D eigenvalue weighted by atomic mass is 10.0. The fraction of sp³-hybridized carbons (Fsp3) is 0.680. The van der Waals surface area contributed by atoms with Crippen LogP contribution < -0.4 is 10.1 Å². The molecule has 0 spiro atoms. The second-order valence-corrected chi connectivity index (χ2v) is 10.1. The lowest BCUT2D eigenvalue weighted by Crippen LogP contribution is -2.54. The molecule has 1 atom stereocenters. The number of nitrogens with one attached hydrogen (secondary N) is 1. The first kappa shape index (κ1) is 24.5. The molecule has 0 aromatic heterocycles. The maximum atomic E-state index is 13.1. The van der Waals surface area contributed by atoms with Gasteiger partial charge in [0.25, 0.3) is 0 Å². The Labute approximate surface area is 193 Å². The molecule has 2 fully saturated rings. The van der Waals surface area contributed by atoms with Crippen LogP contribution in [0, 0.1) is 0 Å². The monoisotopic (exact) mass is 444 g/mol. The first-order valence-corrected chi connectivity index (χ1v) is 11.9. The van der Waals surface area contributed by atoms with Crippen molar-refractivity contribution in [2.24, 2.45) is 0 Å². The Bertz CT molecular complexity index is 751. The molecule has 3 rings (SSSR count). The van der Waals surface area contributed by atoms with Gasteiger partial charge < -0.3 is 15.0 Å². The molecule has 0 saturated carbocycles. The van der Waals surface area contributed by atoms with Gasteiger partial charge in [-0.25, -0.2) is 0 Å². The standard InChI is InChI=1S/C25H40N4O3/c1-25(2,3)26-23(30)18-27-14-16-28(17-15-27)24(31)19-29-13-7-5-6-8-22(29)20-9-11-21(32-4)12-10-20/h9-12,22H,5-8,13-19H2,1-4H3,(H,26,30)/t22-/m0/s1. The predicted molar refractivity (Wildman–Crippen MR) is 127 cm³/mol. The summed E-state index contributed by atoms with van der Waals surface area (Å²) in [6, 6.07) is 8.56. The van der Waals surface area contributed by atoms with Gasteiger partial charge in [-0.15, -0.1) is 0 Å². The first-order valence-electron chi connectivity index (χ1n) is 11.9. The normalized spacial score (nSPS) is 21.1. The maximum absolute atomic E-state index is 13.1. The summed E-state index contributed by atoms with van der Waals surface area (Å²) in [5, 5.41) is 3.01. The highest BCUT2D eigenvalue weighted by Crippen LogP contribution is 2.31. The Balaban J connectivity index is 1.53. The summed E-state index contributed by atoms with van der Waals surface area (Å²) >= 11 is 0. The molecule has 2 aliphatic heterocycles. The van der Waals surface area contributed by atoms with Gasteiger partial charge >= 0.3 is 0 Å². The molecule has 7 heteroatoms. The zero-order chi connectivity index (χ0) is 23.1. The number of rotatable bonds is 6. The highest BCUT2D eigenvalue weighted by Gasteiger charge is 2.28. The Morgan fingerprint density at radius 2 is 1.66 bits per heavy atom. The number of methoxy groups -OCH3 is 1. The Kier molecular flexibility index (Phi) is 8.54. The first-order chi connectivity index (χ1) is 15.2. The van der Waals surface area contributed by atoms with Crippen molar-refractivity contribution in [1.82, 2.24) is 20.0 Å². The lowest BCUT2D eigenvalue weighted by molar-refractivity contribution is -0.135. The second-order valence-electron chi connectivity index (χ2n) is 10.1. The molecule has 178 valence electrons. The number of hydrogen-bond donors (Lipinski definition) is 1. The molecule has 2 amide bonds. The van der Waals surface area contributed by atoms with E-state index in [0.29, 0.717) is 26.2 Å². The summed E-state index contributed by atoms with van der Waals surface area (Å²) in [6.45, 7) is 10.6. The number of benzene rings is 1. The number of carbonyl (C=O) groups is 2. The van der Waals surface area contributed by atoms with Crippen molar-refractivity contribution in [3.63, 3.8) is 0 Å². The number of amides is 2. The van der Waals surface area contributed by atoms with Crippen molar-refractivity contribution >= 4 is 11.8 Å². The van der Waals surface area contributed by atoms with Gasteiger partial charge in [0, 0.05) is 37.8 Å². The summed E-state index contributed by atoms with van der Waals surface area (Å²) < 4.78 is 5.30. The summed E-state index contributed by atoms with van der Waals surface area (Å²) in [5.41, 5.74) is 1.04. The van der Waals surface area contributed by atoms with Crippen molar-refractivity contribution in [3.8, 4) is 5.75 Å². The van der Waals surface area contributed by atoms with E-state index in [1.165, 1.54) is 18.4 Å². The fourth-order valence-corrected chi connectivity index (χ4v) is 4.65. The minimum atomic E-state index is -0.220. The van der Waals surface area contributed by atoms with Gasteiger partial charge in [0.15, 0.2) is 0 Å². The average molecular weight is 445 g/mol. The molecule has 2 aliphatic rings. The van der Waals surface area contributed by atoms with Gasteiger partial charge in [-0.1, -0.05) is 25.0 Å². The zero-order valence-corrected chi connectivity index (χ0v) is 20.2. The molecule has 0 bridgehead atoms. The smallest absolute Gasteiger partial charge is 0.236 e. The van der Waals surface area contributed by atoms with Crippen molar-refractivity contribution < 1.29 is 14.3 Å². The van der Waals surface area contributed by atoms with Gasteiger partial charge in [-0.05, 0) is 57.9 Å². The van der Waals surface area contributed by atoms with Crippen molar-refractivity contribution in [2.75, 3.05) is 52.9 Å². The fourth-order valence-electron chi connectivity index (χ4n) is 4.65. The Morgan fingerprint density at radius 3 is 2.28 bits per heavy atom. The average Bonchev–Trinajstić information content (AvgIpc) is 2.98. The van der Waals surface area contributed by atoms with Crippen LogP contribution in [0.1, 0.15) is 58.1 Å². The molecule has 1 aromatic rings. The zero-order valence-electron chi connectivity index (χ0n) is 20.2. The van der Waals surface area contributed by atoms with Crippen molar-refractivity contribution in [2.45, 2.75) is 58.0 Å². The van der Waals surface area contributed by atoms with E-state index in [-0.39, 0.29) is 23.4 Å². The molecule has 2 saturated heterocycles. The summed E-state index contributed by atoms with van der Waals surface area (Å²) in [4.78, 5) is 31.8.